The number of rotatable bonds is 11. The second-order valence-corrected chi connectivity index (χ2v) is 17.4. The van der Waals surface area contributed by atoms with Gasteiger partial charge in [0, 0.05) is 37.7 Å². The van der Waals surface area contributed by atoms with Crippen LogP contribution in [0.1, 0.15) is 100 Å². The van der Waals surface area contributed by atoms with Gasteiger partial charge in [-0.05, 0) is 61.2 Å². The van der Waals surface area contributed by atoms with Crippen molar-refractivity contribution < 1.29 is 68.1 Å². The standard InChI is InChI=1S/C48H55NO14/c1-8-47(63-28(4)51)34(53)24-33(52)46(7)39(47)41(62-43(57)31-22-16-11-17-23-31)48(59)25-32(26(2)35(45(48,5)6)38(40(46)55)60-27(3)50)61-44(58)37(54)36(29-18-12-9-13-19-29)49-42(56)30-20-14-10-15-21-30/h9-23,32-34,36-39,41,52-54,59H,8,24-25H2,1-7H3,(H,49,56)/t32?,33-,34+,36-,37+,38+,39?,41-,46+,47-,48+/m0/s1. The number of carbonyl (C=O) groups is 6. The van der Waals surface area contributed by atoms with Gasteiger partial charge in [0.25, 0.3) is 5.91 Å². The van der Waals surface area contributed by atoms with E-state index in [1.54, 1.807) is 85.8 Å². The Morgan fingerprint density at radius 3 is 1.89 bits per heavy atom. The fourth-order valence-corrected chi connectivity index (χ4v) is 10.2. The van der Waals surface area contributed by atoms with Crippen LogP contribution in [0.15, 0.2) is 102 Å². The van der Waals surface area contributed by atoms with E-state index in [9.17, 15) is 44.4 Å². The topological polar surface area (TPSA) is 232 Å². The molecule has 2 fully saturated rings. The molecule has 2 unspecified atom stereocenters. The Labute approximate surface area is 365 Å². The maximum atomic E-state index is 15.5. The third-order valence-electron chi connectivity index (χ3n) is 13.6. The zero-order valence-corrected chi connectivity index (χ0v) is 36.3. The molecule has 0 heterocycles. The molecule has 3 aromatic carbocycles. The van der Waals surface area contributed by atoms with Crippen molar-refractivity contribution in [3.05, 3.63) is 119 Å². The summed E-state index contributed by atoms with van der Waals surface area (Å²) in [5.74, 6) is -7.37. The van der Waals surface area contributed by atoms with Gasteiger partial charge in [0.05, 0.1) is 35.1 Å². The van der Waals surface area contributed by atoms with Crippen molar-refractivity contribution in [3.8, 4) is 0 Å². The van der Waals surface area contributed by atoms with E-state index >= 15 is 4.79 Å². The Morgan fingerprint density at radius 1 is 0.794 bits per heavy atom. The normalized spacial score (nSPS) is 30.9. The highest BCUT2D eigenvalue weighted by atomic mass is 16.6. The molecule has 336 valence electrons. The Kier molecular flexibility index (Phi) is 13.2. The molecule has 3 aromatic rings. The molecule has 2 bridgehead atoms. The van der Waals surface area contributed by atoms with Crippen LogP contribution in [0.4, 0.5) is 0 Å². The highest BCUT2D eigenvalue weighted by Crippen LogP contribution is 2.63. The quantitative estimate of drug-likeness (QED) is 0.104. The molecule has 0 radical (unpaired) electrons. The van der Waals surface area contributed by atoms with Crippen molar-refractivity contribution in [2.75, 3.05) is 0 Å². The van der Waals surface area contributed by atoms with E-state index in [4.69, 9.17) is 18.9 Å². The van der Waals surface area contributed by atoms with Gasteiger partial charge < -0.3 is 44.7 Å². The van der Waals surface area contributed by atoms with Crippen LogP contribution < -0.4 is 5.32 Å². The first-order chi connectivity index (χ1) is 29.6. The molecule has 2 saturated carbocycles. The number of aliphatic hydroxyl groups excluding tert-OH is 3. The van der Waals surface area contributed by atoms with Crippen molar-refractivity contribution in [1.82, 2.24) is 5.32 Å². The van der Waals surface area contributed by atoms with Crippen LogP contribution in [0, 0.1) is 16.7 Å². The van der Waals surface area contributed by atoms with Gasteiger partial charge in [0.15, 0.2) is 18.0 Å². The molecule has 0 aromatic heterocycles. The van der Waals surface area contributed by atoms with Gasteiger partial charge in [-0.1, -0.05) is 87.5 Å². The minimum Gasteiger partial charge on any atom is -0.456 e. The Balaban J connectivity index is 1.56. The zero-order chi connectivity index (χ0) is 46.2. The van der Waals surface area contributed by atoms with Crippen LogP contribution in [0.5, 0.6) is 0 Å². The van der Waals surface area contributed by atoms with Crippen LogP contribution in [0.3, 0.4) is 0 Å². The third kappa shape index (κ3) is 8.18. The second kappa shape index (κ2) is 17.8. The molecular weight excluding hydrogens is 815 g/mol. The number of amides is 1. The van der Waals surface area contributed by atoms with E-state index in [2.05, 4.69) is 5.32 Å². The lowest BCUT2D eigenvalue weighted by atomic mass is 9.45. The fourth-order valence-electron chi connectivity index (χ4n) is 10.2. The molecule has 15 heteroatoms. The highest BCUT2D eigenvalue weighted by molar-refractivity contribution is 5.96. The largest absolute Gasteiger partial charge is 0.456 e. The van der Waals surface area contributed by atoms with Crippen LogP contribution in [0.25, 0.3) is 0 Å². The second-order valence-electron chi connectivity index (χ2n) is 17.4. The van der Waals surface area contributed by atoms with Gasteiger partial charge in [-0.3, -0.25) is 19.2 Å². The molecule has 5 N–H and O–H groups in total. The number of nitrogens with one attached hydrogen (secondary N) is 1. The van der Waals surface area contributed by atoms with E-state index in [0.29, 0.717) is 5.56 Å². The van der Waals surface area contributed by atoms with E-state index < -0.39 is 119 Å². The number of carbonyl (C=O) groups excluding carboxylic acids is 6. The van der Waals surface area contributed by atoms with Crippen LogP contribution in [0.2, 0.25) is 0 Å². The van der Waals surface area contributed by atoms with E-state index in [1.807, 2.05) is 0 Å². The van der Waals surface area contributed by atoms with E-state index in [1.165, 1.54) is 39.8 Å². The first-order valence-corrected chi connectivity index (χ1v) is 20.9. The summed E-state index contributed by atoms with van der Waals surface area (Å²) in [6.07, 6.45) is -12.2. The lowest BCUT2D eigenvalue weighted by Gasteiger charge is -2.64. The summed E-state index contributed by atoms with van der Waals surface area (Å²) in [4.78, 5) is 83.7. The first-order valence-electron chi connectivity index (χ1n) is 20.9. The summed E-state index contributed by atoms with van der Waals surface area (Å²) >= 11 is 0. The minimum atomic E-state index is -2.48. The molecule has 0 aliphatic heterocycles. The Bertz CT molecular complexity index is 2260. The predicted octanol–water partition coefficient (Wildman–Crippen LogP) is 4.11. The van der Waals surface area contributed by atoms with Gasteiger partial charge in [-0.25, -0.2) is 9.59 Å². The summed E-state index contributed by atoms with van der Waals surface area (Å²) in [6.45, 7) is 9.58. The predicted molar refractivity (Wildman–Crippen MR) is 224 cm³/mol. The van der Waals surface area contributed by atoms with Crippen LogP contribution in [-0.4, -0.2) is 104 Å². The maximum Gasteiger partial charge on any atom is 0.338 e. The minimum absolute atomic E-state index is 0.0247. The molecule has 11 atom stereocenters. The number of ketones is 1. The van der Waals surface area contributed by atoms with Gasteiger partial charge >= 0.3 is 23.9 Å². The molecule has 0 spiro atoms. The highest BCUT2D eigenvalue weighted by Gasteiger charge is 2.75. The lowest BCUT2D eigenvalue weighted by molar-refractivity contribution is -0.284. The number of fused-ring (bicyclic) bond motifs is 3. The molecule has 1 amide bonds. The van der Waals surface area contributed by atoms with E-state index in [-0.39, 0.29) is 28.7 Å². The molecule has 3 aliphatic rings. The summed E-state index contributed by atoms with van der Waals surface area (Å²) in [7, 11) is 0. The average molecular weight is 870 g/mol. The number of esters is 4. The van der Waals surface area contributed by atoms with Crippen LogP contribution >= 0.6 is 0 Å². The number of benzene rings is 3. The molecule has 6 rings (SSSR count). The first kappa shape index (κ1) is 46.8. The number of Topliss-reactive ketones (excluding diaryl/α,β-unsaturated/α-hetero) is 1. The van der Waals surface area contributed by atoms with Crippen LogP contribution in [-0.2, 0) is 38.1 Å². The zero-order valence-electron chi connectivity index (χ0n) is 36.3. The number of ether oxygens (including phenoxy) is 4. The summed E-state index contributed by atoms with van der Waals surface area (Å²) in [5.41, 5.74) is -7.82. The summed E-state index contributed by atoms with van der Waals surface area (Å²) in [6, 6.07) is 22.7. The summed E-state index contributed by atoms with van der Waals surface area (Å²) in [5, 5.41) is 52.2. The monoisotopic (exact) mass is 869 g/mol. The van der Waals surface area contributed by atoms with Gasteiger partial charge in [-0.2, -0.15) is 0 Å². The van der Waals surface area contributed by atoms with E-state index in [0.717, 1.165) is 13.8 Å². The Hall–Kier alpha value is -5.74. The number of hydrogen-bond acceptors (Lipinski definition) is 14. The van der Waals surface area contributed by atoms with Gasteiger partial charge in [0.1, 0.15) is 23.4 Å². The molecule has 3 aliphatic carbocycles. The SMILES string of the molecule is CC[C@@]1(OC(C)=O)C2[C@H](OC(=O)c3ccccc3)[C@]3(O)CC(OC(=O)[C@H](O)[C@@H](NC(=O)c4ccccc4)c4ccccc4)C(C)=C([C@@H](OC(C)=O)C(=O)[C@]2(C)[C@@H](O)C[C@H]1O)C3(C)C. The molecule has 63 heavy (non-hydrogen) atoms. The third-order valence-corrected chi connectivity index (χ3v) is 13.6. The van der Waals surface area contributed by atoms with Crippen molar-refractivity contribution in [2.45, 2.75) is 122 Å². The average Bonchev–Trinajstić information content (AvgIpc) is 3.25. The fraction of sp³-hybridized carbons (Fsp3) is 0.458. The van der Waals surface area contributed by atoms with Crippen molar-refractivity contribution in [2.24, 2.45) is 16.7 Å². The van der Waals surface area contributed by atoms with Gasteiger partial charge in [-0.15, -0.1) is 0 Å². The molecule has 0 saturated heterocycles. The maximum absolute atomic E-state index is 15.5. The molecule has 15 nitrogen and oxygen atoms in total. The smallest absolute Gasteiger partial charge is 0.338 e. The Morgan fingerprint density at radius 2 is 1.35 bits per heavy atom. The number of hydrogen-bond donors (Lipinski definition) is 5. The molecular formula is C48H55NO14. The lowest BCUT2D eigenvalue weighted by Crippen LogP contribution is -2.77. The van der Waals surface area contributed by atoms with Crippen molar-refractivity contribution >= 4 is 35.6 Å². The van der Waals surface area contributed by atoms with Crippen molar-refractivity contribution in [1.29, 1.82) is 0 Å². The van der Waals surface area contributed by atoms with Gasteiger partial charge in [0.2, 0.25) is 0 Å². The number of aliphatic hydroxyl groups is 4. The van der Waals surface area contributed by atoms with Crippen molar-refractivity contribution in [3.63, 3.8) is 0 Å². The summed E-state index contributed by atoms with van der Waals surface area (Å²) < 4.78 is 24.3.